The summed E-state index contributed by atoms with van der Waals surface area (Å²) in [6.45, 7) is 6.21. The first-order valence-corrected chi connectivity index (χ1v) is 7.10. The van der Waals surface area contributed by atoms with Gasteiger partial charge in [0.05, 0.1) is 6.10 Å². The second-order valence-corrected chi connectivity index (χ2v) is 5.25. The van der Waals surface area contributed by atoms with Crippen LogP contribution in [0.3, 0.4) is 0 Å². The molecule has 1 aromatic rings. The van der Waals surface area contributed by atoms with E-state index in [-0.39, 0.29) is 12.1 Å². The zero-order valence-corrected chi connectivity index (χ0v) is 12.4. The van der Waals surface area contributed by atoms with E-state index in [1.807, 2.05) is 38.1 Å². The lowest BCUT2D eigenvalue weighted by atomic mass is 10.3. The maximum absolute atomic E-state index is 12.1. The molecule has 0 radical (unpaired) electrons. The molecule has 1 fully saturated rings. The fraction of sp³-hybridized carbons (Fsp3) is 0.467. The molecule has 1 aromatic carbocycles. The summed E-state index contributed by atoms with van der Waals surface area (Å²) in [5, 5.41) is 2.85. The average Bonchev–Trinajstić information content (AvgIpc) is 2.49. The van der Waals surface area contributed by atoms with Gasteiger partial charge in [-0.05, 0) is 38.1 Å². The molecule has 114 valence electrons. The van der Waals surface area contributed by atoms with Gasteiger partial charge in [0.2, 0.25) is 6.41 Å². The van der Waals surface area contributed by atoms with Crippen LogP contribution in [-0.4, -0.2) is 54.5 Å². The molecule has 1 saturated heterocycles. The largest absolute Gasteiger partial charge is 0.491 e. The van der Waals surface area contributed by atoms with Crippen molar-refractivity contribution < 1.29 is 14.3 Å². The Morgan fingerprint density at radius 2 is 1.81 bits per heavy atom. The number of amides is 3. The number of nitrogens with one attached hydrogen (secondary N) is 1. The molecule has 1 heterocycles. The second-order valence-electron chi connectivity index (χ2n) is 5.25. The molecule has 1 aliphatic heterocycles. The summed E-state index contributed by atoms with van der Waals surface area (Å²) < 4.78 is 5.55. The Labute approximate surface area is 124 Å². The molecule has 0 atom stereocenters. The molecule has 1 N–H and O–H groups in total. The summed E-state index contributed by atoms with van der Waals surface area (Å²) in [5.74, 6) is 0.780. The van der Waals surface area contributed by atoms with Gasteiger partial charge in [-0.1, -0.05) is 0 Å². The summed E-state index contributed by atoms with van der Waals surface area (Å²) in [6.07, 6.45) is 0.947. The molecule has 2 rings (SSSR count). The van der Waals surface area contributed by atoms with Crippen molar-refractivity contribution in [1.82, 2.24) is 9.80 Å². The van der Waals surface area contributed by atoms with Gasteiger partial charge in [-0.25, -0.2) is 4.79 Å². The molecule has 0 bridgehead atoms. The van der Waals surface area contributed by atoms with Crippen molar-refractivity contribution in [1.29, 1.82) is 0 Å². The van der Waals surface area contributed by atoms with Gasteiger partial charge in [0.25, 0.3) is 0 Å². The van der Waals surface area contributed by atoms with Crippen molar-refractivity contribution in [3.63, 3.8) is 0 Å². The lowest BCUT2D eigenvalue weighted by Crippen LogP contribution is -2.49. The molecular formula is C15H21N3O3. The van der Waals surface area contributed by atoms with Gasteiger partial charge < -0.3 is 19.9 Å². The third-order valence-corrected chi connectivity index (χ3v) is 3.23. The number of nitrogens with zero attached hydrogens (tertiary/aromatic N) is 2. The van der Waals surface area contributed by atoms with E-state index in [0.717, 1.165) is 17.8 Å². The number of piperazine rings is 1. The SMILES string of the molecule is CC(C)Oc1ccc(NC(=O)N2CCN(C=O)CC2)cc1. The van der Waals surface area contributed by atoms with Gasteiger partial charge in [-0.3, -0.25) is 4.79 Å². The van der Waals surface area contributed by atoms with E-state index in [9.17, 15) is 9.59 Å². The number of ether oxygens (including phenoxy) is 1. The molecule has 0 spiro atoms. The molecule has 21 heavy (non-hydrogen) atoms. The zero-order chi connectivity index (χ0) is 15.2. The standard InChI is InChI=1S/C15H21N3O3/c1-12(2)21-14-5-3-13(4-6-14)16-15(20)18-9-7-17(11-19)8-10-18/h3-6,11-12H,7-10H2,1-2H3,(H,16,20). The Balaban J connectivity index is 1.86. The van der Waals surface area contributed by atoms with E-state index < -0.39 is 0 Å². The molecule has 3 amide bonds. The van der Waals surface area contributed by atoms with Crippen LogP contribution in [0.15, 0.2) is 24.3 Å². The van der Waals surface area contributed by atoms with Crippen LogP contribution in [0, 0.1) is 0 Å². The van der Waals surface area contributed by atoms with E-state index in [4.69, 9.17) is 4.74 Å². The molecule has 0 saturated carbocycles. The first-order chi connectivity index (χ1) is 10.1. The minimum Gasteiger partial charge on any atom is -0.491 e. The number of benzene rings is 1. The molecule has 0 unspecified atom stereocenters. The van der Waals surface area contributed by atoms with E-state index in [2.05, 4.69) is 5.32 Å². The number of hydrogen-bond acceptors (Lipinski definition) is 3. The minimum atomic E-state index is -0.141. The van der Waals surface area contributed by atoms with Crippen LogP contribution in [-0.2, 0) is 4.79 Å². The zero-order valence-electron chi connectivity index (χ0n) is 12.4. The highest BCUT2D eigenvalue weighted by atomic mass is 16.5. The third kappa shape index (κ3) is 4.37. The van der Waals surface area contributed by atoms with E-state index in [1.54, 1.807) is 9.80 Å². The predicted molar refractivity (Wildman–Crippen MR) is 80.4 cm³/mol. The first kappa shape index (κ1) is 15.2. The van der Waals surface area contributed by atoms with Gasteiger partial charge in [-0.15, -0.1) is 0 Å². The number of carbonyl (C=O) groups excluding carboxylic acids is 2. The average molecular weight is 291 g/mol. The van der Waals surface area contributed by atoms with Gasteiger partial charge in [0, 0.05) is 31.9 Å². The number of urea groups is 1. The Morgan fingerprint density at radius 3 is 2.33 bits per heavy atom. The van der Waals surface area contributed by atoms with Crippen molar-refractivity contribution in [2.24, 2.45) is 0 Å². The lowest BCUT2D eigenvalue weighted by Gasteiger charge is -2.32. The normalized spacial score (nSPS) is 15.0. The van der Waals surface area contributed by atoms with E-state index >= 15 is 0 Å². The van der Waals surface area contributed by atoms with Gasteiger partial charge in [0.1, 0.15) is 5.75 Å². The van der Waals surface area contributed by atoms with Crippen LogP contribution in [0.25, 0.3) is 0 Å². The smallest absolute Gasteiger partial charge is 0.321 e. The van der Waals surface area contributed by atoms with Crippen LogP contribution in [0.4, 0.5) is 10.5 Å². The van der Waals surface area contributed by atoms with Crippen LogP contribution >= 0.6 is 0 Å². The molecule has 6 nitrogen and oxygen atoms in total. The first-order valence-electron chi connectivity index (χ1n) is 7.10. The Hall–Kier alpha value is -2.24. The Bertz CT molecular complexity index is 479. The number of anilines is 1. The van der Waals surface area contributed by atoms with Crippen LogP contribution < -0.4 is 10.1 Å². The molecule has 1 aliphatic rings. The lowest BCUT2D eigenvalue weighted by molar-refractivity contribution is -0.119. The molecule has 0 aromatic heterocycles. The highest BCUT2D eigenvalue weighted by Crippen LogP contribution is 2.17. The van der Waals surface area contributed by atoms with Crippen molar-refractivity contribution in [3.05, 3.63) is 24.3 Å². The van der Waals surface area contributed by atoms with Gasteiger partial charge in [-0.2, -0.15) is 0 Å². The van der Waals surface area contributed by atoms with E-state index in [1.165, 1.54) is 0 Å². The fourth-order valence-corrected chi connectivity index (χ4v) is 2.12. The number of rotatable bonds is 4. The summed E-state index contributed by atoms with van der Waals surface area (Å²) in [6, 6.07) is 7.16. The topological polar surface area (TPSA) is 61.9 Å². The number of hydrogen-bond donors (Lipinski definition) is 1. The molecule has 6 heteroatoms. The summed E-state index contributed by atoms with van der Waals surface area (Å²) in [4.78, 5) is 26.1. The number of carbonyl (C=O) groups is 2. The van der Waals surface area contributed by atoms with Crippen molar-refractivity contribution in [3.8, 4) is 5.75 Å². The monoisotopic (exact) mass is 291 g/mol. The van der Waals surface area contributed by atoms with Crippen LogP contribution in [0.2, 0.25) is 0 Å². The quantitative estimate of drug-likeness (QED) is 0.860. The summed E-state index contributed by atoms with van der Waals surface area (Å²) in [5.41, 5.74) is 0.730. The third-order valence-electron chi connectivity index (χ3n) is 3.23. The fourth-order valence-electron chi connectivity index (χ4n) is 2.12. The summed E-state index contributed by atoms with van der Waals surface area (Å²) in [7, 11) is 0. The van der Waals surface area contributed by atoms with Gasteiger partial charge >= 0.3 is 6.03 Å². The molecule has 0 aliphatic carbocycles. The highest BCUT2D eigenvalue weighted by Gasteiger charge is 2.19. The maximum Gasteiger partial charge on any atom is 0.321 e. The van der Waals surface area contributed by atoms with Crippen molar-refractivity contribution in [2.75, 3.05) is 31.5 Å². The second kappa shape index (κ2) is 6.97. The molecular weight excluding hydrogens is 270 g/mol. The predicted octanol–water partition coefficient (Wildman–Crippen LogP) is 1.78. The Morgan fingerprint density at radius 1 is 1.19 bits per heavy atom. The Kier molecular flexibility index (Phi) is 5.03. The van der Waals surface area contributed by atoms with Crippen molar-refractivity contribution in [2.45, 2.75) is 20.0 Å². The maximum atomic E-state index is 12.1. The van der Waals surface area contributed by atoms with Crippen molar-refractivity contribution >= 4 is 18.1 Å². The minimum absolute atomic E-state index is 0.125. The van der Waals surface area contributed by atoms with Gasteiger partial charge in [0.15, 0.2) is 0 Å². The van der Waals surface area contributed by atoms with Crippen LogP contribution in [0.5, 0.6) is 5.75 Å². The van der Waals surface area contributed by atoms with Crippen LogP contribution in [0.1, 0.15) is 13.8 Å². The summed E-state index contributed by atoms with van der Waals surface area (Å²) >= 11 is 0. The highest BCUT2D eigenvalue weighted by molar-refractivity contribution is 5.89. The van der Waals surface area contributed by atoms with E-state index in [0.29, 0.717) is 26.2 Å².